The highest BCUT2D eigenvalue weighted by Crippen LogP contribution is 2.62. The number of nitrogens with one attached hydrogen (secondary N) is 1. The van der Waals surface area contributed by atoms with Crippen molar-refractivity contribution < 1.29 is 17.9 Å². The predicted octanol–water partition coefficient (Wildman–Crippen LogP) is 3.27. The third-order valence-electron chi connectivity index (χ3n) is 7.90. The van der Waals surface area contributed by atoms with Crippen LogP contribution in [0, 0.1) is 30.6 Å². The number of amides is 1. The van der Waals surface area contributed by atoms with E-state index < -0.39 is 10.0 Å². The molecular formula is C23H34N2O4S. The van der Waals surface area contributed by atoms with Crippen LogP contribution in [0.25, 0.3) is 0 Å². The van der Waals surface area contributed by atoms with Gasteiger partial charge in [-0.3, -0.25) is 4.79 Å². The fraction of sp³-hybridized carbons (Fsp3) is 0.696. The molecule has 7 heteroatoms. The molecule has 3 fully saturated rings. The molecule has 166 valence electrons. The van der Waals surface area contributed by atoms with Gasteiger partial charge in [0.15, 0.2) is 0 Å². The van der Waals surface area contributed by atoms with E-state index in [0.717, 1.165) is 18.4 Å². The van der Waals surface area contributed by atoms with E-state index in [1.807, 2.05) is 13.0 Å². The first-order valence-electron chi connectivity index (χ1n) is 11.0. The van der Waals surface area contributed by atoms with Crippen molar-refractivity contribution in [2.75, 3.05) is 26.3 Å². The standard InChI is InChI=1S/C23H34N2O4S/c1-15-12-16(2)19(30(27,28)25-8-10-29-11-9-25)13-18(15)20(26)24-21-22(3,4)17-6-7-23(21,5)14-17/h12-13,17,21H,6-11,14H2,1-5H3,(H,24,26). The third-order valence-corrected chi connectivity index (χ3v) is 9.94. The minimum atomic E-state index is -3.66. The van der Waals surface area contributed by atoms with Crippen molar-refractivity contribution >= 4 is 15.9 Å². The van der Waals surface area contributed by atoms with Crippen molar-refractivity contribution in [2.24, 2.45) is 16.7 Å². The van der Waals surface area contributed by atoms with Crippen LogP contribution in [0.4, 0.5) is 0 Å². The molecule has 2 aliphatic carbocycles. The summed E-state index contributed by atoms with van der Waals surface area (Å²) in [5, 5.41) is 3.31. The van der Waals surface area contributed by atoms with E-state index in [9.17, 15) is 13.2 Å². The van der Waals surface area contributed by atoms with Crippen LogP contribution in [-0.2, 0) is 14.8 Å². The second-order valence-corrected chi connectivity index (χ2v) is 12.2. The second kappa shape index (κ2) is 7.31. The number of benzene rings is 1. The molecule has 1 aromatic carbocycles. The van der Waals surface area contributed by atoms with Crippen LogP contribution in [0.2, 0.25) is 0 Å². The molecule has 1 heterocycles. The quantitative estimate of drug-likeness (QED) is 0.789. The van der Waals surface area contributed by atoms with Crippen LogP contribution < -0.4 is 5.32 Å². The highest BCUT2D eigenvalue weighted by Gasteiger charge is 2.59. The number of carbonyl (C=O) groups is 1. The van der Waals surface area contributed by atoms with Gasteiger partial charge in [-0.05, 0) is 67.1 Å². The summed E-state index contributed by atoms with van der Waals surface area (Å²) in [5.74, 6) is 0.460. The van der Waals surface area contributed by atoms with Gasteiger partial charge in [0.05, 0.1) is 18.1 Å². The van der Waals surface area contributed by atoms with E-state index in [4.69, 9.17) is 4.74 Å². The van der Waals surface area contributed by atoms with Crippen molar-refractivity contribution in [2.45, 2.75) is 64.8 Å². The van der Waals surface area contributed by atoms with Gasteiger partial charge in [-0.15, -0.1) is 0 Å². The van der Waals surface area contributed by atoms with Crippen molar-refractivity contribution in [3.8, 4) is 0 Å². The van der Waals surface area contributed by atoms with Crippen LogP contribution in [-0.4, -0.2) is 51.0 Å². The normalized spacial score (nSPS) is 31.1. The lowest BCUT2D eigenvalue weighted by Gasteiger charge is -2.43. The van der Waals surface area contributed by atoms with Gasteiger partial charge in [-0.25, -0.2) is 8.42 Å². The van der Waals surface area contributed by atoms with Crippen LogP contribution in [0.3, 0.4) is 0 Å². The Hall–Kier alpha value is -1.44. The van der Waals surface area contributed by atoms with Gasteiger partial charge in [-0.1, -0.05) is 26.8 Å². The van der Waals surface area contributed by atoms with E-state index in [-0.39, 0.29) is 27.7 Å². The summed E-state index contributed by atoms with van der Waals surface area (Å²) in [4.78, 5) is 13.6. The first-order chi connectivity index (χ1) is 14.0. The monoisotopic (exact) mass is 434 g/mol. The molecule has 1 aromatic rings. The van der Waals surface area contributed by atoms with E-state index in [0.29, 0.717) is 43.3 Å². The summed E-state index contributed by atoms with van der Waals surface area (Å²) in [6.07, 6.45) is 3.51. The molecule has 3 unspecified atom stereocenters. The number of hydrogen-bond donors (Lipinski definition) is 1. The Morgan fingerprint density at radius 3 is 2.40 bits per heavy atom. The number of aryl methyl sites for hydroxylation is 2. The molecule has 0 spiro atoms. The molecule has 4 rings (SSSR count). The van der Waals surface area contributed by atoms with Crippen molar-refractivity contribution in [3.63, 3.8) is 0 Å². The van der Waals surface area contributed by atoms with Gasteiger partial charge in [0.2, 0.25) is 10.0 Å². The highest BCUT2D eigenvalue weighted by atomic mass is 32.2. The minimum Gasteiger partial charge on any atom is -0.379 e. The predicted molar refractivity (Wildman–Crippen MR) is 116 cm³/mol. The summed E-state index contributed by atoms with van der Waals surface area (Å²) < 4.78 is 33.2. The zero-order valence-corrected chi connectivity index (χ0v) is 19.6. The second-order valence-electron chi connectivity index (χ2n) is 10.3. The molecule has 30 heavy (non-hydrogen) atoms. The summed E-state index contributed by atoms with van der Waals surface area (Å²) in [5.41, 5.74) is 2.09. The molecule has 1 amide bonds. The number of carbonyl (C=O) groups excluding carboxylic acids is 1. The largest absolute Gasteiger partial charge is 0.379 e. The lowest BCUT2D eigenvalue weighted by atomic mass is 9.68. The maximum Gasteiger partial charge on any atom is 0.251 e. The van der Waals surface area contributed by atoms with Crippen LogP contribution in [0.1, 0.15) is 61.5 Å². The molecule has 6 nitrogen and oxygen atoms in total. The van der Waals surface area contributed by atoms with Gasteiger partial charge in [-0.2, -0.15) is 4.31 Å². The molecule has 3 aliphatic rings. The zero-order chi connectivity index (χ0) is 21.9. The summed E-state index contributed by atoms with van der Waals surface area (Å²) >= 11 is 0. The van der Waals surface area contributed by atoms with Crippen LogP contribution in [0.5, 0.6) is 0 Å². The van der Waals surface area contributed by atoms with Crippen molar-refractivity contribution in [3.05, 3.63) is 28.8 Å². The van der Waals surface area contributed by atoms with E-state index in [1.54, 1.807) is 13.0 Å². The fourth-order valence-corrected chi connectivity index (χ4v) is 7.79. The number of ether oxygens (including phenoxy) is 1. The third kappa shape index (κ3) is 3.39. The fourth-order valence-electron chi connectivity index (χ4n) is 6.15. The van der Waals surface area contributed by atoms with E-state index in [1.165, 1.54) is 10.7 Å². The first kappa shape index (κ1) is 21.8. The van der Waals surface area contributed by atoms with E-state index in [2.05, 4.69) is 26.1 Å². The Balaban J connectivity index is 1.65. The molecular weight excluding hydrogens is 400 g/mol. The van der Waals surface area contributed by atoms with Gasteiger partial charge < -0.3 is 10.1 Å². The Morgan fingerprint density at radius 1 is 1.13 bits per heavy atom. The molecule has 2 bridgehead atoms. The number of hydrogen-bond acceptors (Lipinski definition) is 4. The molecule has 1 aliphatic heterocycles. The minimum absolute atomic E-state index is 0.0456. The molecule has 0 radical (unpaired) electrons. The molecule has 1 saturated heterocycles. The Kier molecular flexibility index (Phi) is 5.31. The molecule has 2 saturated carbocycles. The van der Waals surface area contributed by atoms with E-state index >= 15 is 0 Å². The smallest absolute Gasteiger partial charge is 0.251 e. The van der Waals surface area contributed by atoms with Crippen molar-refractivity contribution in [1.82, 2.24) is 9.62 Å². The molecule has 1 N–H and O–H groups in total. The topological polar surface area (TPSA) is 75.7 Å². The number of sulfonamides is 1. The number of fused-ring (bicyclic) bond motifs is 2. The molecule has 0 aromatic heterocycles. The number of nitrogens with zero attached hydrogens (tertiary/aromatic N) is 1. The maximum atomic E-state index is 13.4. The maximum absolute atomic E-state index is 13.4. The lowest BCUT2D eigenvalue weighted by Crippen LogP contribution is -2.52. The van der Waals surface area contributed by atoms with Gasteiger partial charge in [0.1, 0.15) is 0 Å². The van der Waals surface area contributed by atoms with Gasteiger partial charge in [0, 0.05) is 24.7 Å². The summed E-state index contributed by atoms with van der Waals surface area (Å²) in [6, 6.07) is 3.49. The summed E-state index contributed by atoms with van der Waals surface area (Å²) in [6.45, 7) is 11.9. The SMILES string of the molecule is Cc1cc(C)c(S(=O)(=O)N2CCOCC2)cc1C(=O)NC1C2(C)CCC(C2)C1(C)C. The Bertz CT molecular complexity index is 961. The highest BCUT2D eigenvalue weighted by molar-refractivity contribution is 7.89. The van der Waals surface area contributed by atoms with Gasteiger partial charge >= 0.3 is 0 Å². The first-order valence-corrected chi connectivity index (χ1v) is 12.4. The lowest BCUT2D eigenvalue weighted by molar-refractivity contribution is 0.0728. The average molecular weight is 435 g/mol. The molecule has 3 atom stereocenters. The average Bonchev–Trinajstić information content (AvgIpc) is 3.16. The zero-order valence-electron chi connectivity index (χ0n) is 18.7. The van der Waals surface area contributed by atoms with Crippen molar-refractivity contribution in [1.29, 1.82) is 0 Å². The Labute approximate surface area is 180 Å². The number of rotatable bonds is 4. The van der Waals surface area contributed by atoms with Crippen LogP contribution in [0.15, 0.2) is 17.0 Å². The Morgan fingerprint density at radius 2 is 1.80 bits per heavy atom. The number of morpholine rings is 1. The van der Waals surface area contributed by atoms with Gasteiger partial charge in [0.25, 0.3) is 5.91 Å². The summed E-state index contributed by atoms with van der Waals surface area (Å²) in [7, 11) is -3.66. The van der Waals surface area contributed by atoms with Crippen LogP contribution >= 0.6 is 0 Å².